The molecule has 1 atom stereocenters. The van der Waals surface area contributed by atoms with E-state index in [1.54, 1.807) is 0 Å². The van der Waals surface area contributed by atoms with Crippen molar-refractivity contribution in [2.24, 2.45) is 0 Å². The average molecular weight is 185 g/mol. The lowest BCUT2D eigenvalue weighted by atomic mass is 10.4. The van der Waals surface area contributed by atoms with E-state index in [0.717, 1.165) is 0 Å². The van der Waals surface area contributed by atoms with Gasteiger partial charge in [-0.25, -0.2) is 4.75 Å². The second-order valence-corrected chi connectivity index (χ2v) is 4.34. The summed E-state index contributed by atoms with van der Waals surface area (Å²) in [4.78, 5) is 0. The molecule has 0 amide bonds. The fraction of sp³-hybridized carbons (Fsp3) is 0.500. The molecule has 0 radical (unpaired) electrons. The lowest BCUT2D eigenvalue weighted by molar-refractivity contribution is -0.140. The molecule has 0 fully saturated rings. The van der Waals surface area contributed by atoms with Crippen LogP contribution in [0.25, 0.3) is 0 Å². The number of nitrogens with zero attached hydrogens (tertiary/aromatic N) is 1. The van der Waals surface area contributed by atoms with E-state index < -0.39 is 11.9 Å². The fourth-order valence-corrected chi connectivity index (χ4v) is 2.74. The molecule has 0 spiro atoms. The van der Waals surface area contributed by atoms with Gasteiger partial charge in [-0.3, -0.25) is 0 Å². The van der Waals surface area contributed by atoms with Crippen LogP contribution < -0.4 is 0 Å². The second-order valence-electron chi connectivity index (χ2n) is 1.76. The zero-order valence-corrected chi connectivity index (χ0v) is 6.92. The number of aromatic nitrogens is 1. The molecule has 6 heteroatoms. The van der Waals surface area contributed by atoms with Gasteiger partial charge in [0.15, 0.2) is 5.69 Å². The Labute approximate surface area is 58.8 Å². The minimum atomic E-state index is -4.24. The molecule has 0 aromatic carbocycles. The molecule has 1 aromatic rings. The molecule has 1 nitrogen and oxygen atoms in total. The largest absolute Gasteiger partial charge is 0.434 e. The molecule has 0 N–H and O–H groups in total. The van der Waals surface area contributed by atoms with Gasteiger partial charge in [-0.05, 0) is 22.8 Å². The third-order valence-corrected chi connectivity index (χ3v) is 3.57. The SMILES string of the molecule is Cc1p[pH]nc1C(F)(F)F. The van der Waals surface area contributed by atoms with E-state index in [-0.39, 0.29) is 8.03 Å². The quantitative estimate of drug-likeness (QED) is 0.605. The molecule has 0 bridgehead atoms. The molecule has 56 valence electrons. The van der Waals surface area contributed by atoms with Crippen LogP contribution in [0.2, 0.25) is 0 Å². The van der Waals surface area contributed by atoms with Gasteiger partial charge in [-0.2, -0.15) is 13.2 Å². The Morgan fingerprint density at radius 2 is 2.10 bits per heavy atom. The molecule has 0 aliphatic rings. The number of hydrogen-bond donors (Lipinski definition) is 0. The van der Waals surface area contributed by atoms with E-state index in [4.69, 9.17) is 0 Å². The first-order chi connectivity index (χ1) is 4.52. The van der Waals surface area contributed by atoms with E-state index in [1.807, 2.05) is 0 Å². The topological polar surface area (TPSA) is 12.9 Å². The molecule has 1 rings (SSSR count). The molecule has 0 aliphatic heterocycles. The summed E-state index contributed by atoms with van der Waals surface area (Å²) in [5.74, 6) is 0. The molecular formula is C4H4F3NP2. The maximum atomic E-state index is 11.9. The van der Waals surface area contributed by atoms with Gasteiger partial charge in [-0.15, -0.1) is 0 Å². The van der Waals surface area contributed by atoms with Crippen molar-refractivity contribution < 1.29 is 13.2 Å². The van der Waals surface area contributed by atoms with E-state index in [2.05, 4.69) is 4.75 Å². The smallest absolute Gasteiger partial charge is 0.231 e. The van der Waals surface area contributed by atoms with Crippen LogP contribution in [0.15, 0.2) is 0 Å². The van der Waals surface area contributed by atoms with Crippen LogP contribution in [0.3, 0.4) is 0 Å². The van der Waals surface area contributed by atoms with E-state index in [0.29, 0.717) is 13.2 Å². The summed E-state index contributed by atoms with van der Waals surface area (Å²) in [5.41, 5.74) is -0.674. The van der Waals surface area contributed by atoms with Crippen LogP contribution in [0.1, 0.15) is 11.0 Å². The molecule has 10 heavy (non-hydrogen) atoms. The van der Waals surface area contributed by atoms with Crippen molar-refractivity contribution >= 4 is 15.9 Å². The van der Waals surface area contributed by atoms with Crippen LogP contribution in [-0.2, 0) is 6.18 Å². The monoisotopic (exact) mass is 185 g/mol. The molecule has 1 unspecified atom stereocenters. The average Bonchev–Trinajstić information content (AvgIpc) is 2.11. The minimum absolute atomic E-state index is 0.0460. The fourth-order valence-electron chi connectivity index (χ4n) is 0.552. The lowest BCUT2D eigenvalue weighted by Crippen LogP contribution is -2.06. The summed E-state index contributed by atoms with van der Waals surface area (Å²) in [6.45, 7) is 1.47. The first kappa shape index (κ1) is 8.03. The van der Waals surface area contributed by atoms with Crippen molar-refractivity contribution in [3.8, 4) is 0 Å². The maximum absolute atomic E-state index is 11.9. The van der Waals surface area contributed by atoms with Gasteiger partial charge in [0.05, 0.1) is 0 Å². The Hall–Kier alpha value is -0.0700. The van der Waals surface area contributed by atoms with Crippen molar-refractivity contribution in [2.45, 2.75) is 13.1 Å². The molecule has 1 heterocycles. The van der Waals surface area contributed by atoms with E-state index in [1.165, 1.54) is 6.92 Å². The Balaban J connectivity index is 3.05. The highest BCUT2D eigenvalue weighted by atomic mass is 31.8. The maximum Gasteiger partial charge on any atom is 0.434 e. The normalized spacial score (nSPS) is 13.6. The second kappa shape index (κ2) is 2.52. The molecule has 0 aliphatic carbocycles. The highest BCUT2D eigenvalue weighted by Crippen LogP contribution is 2.37. The Morgan fingerprint density at radius 1 is 1.50 bits per heavy atom. The third-order valence-electron chi connectivity index (χ3n) is 0.991. The van der Waals surface area contributed by atoms with Gasteiger partial charge >= 0.3 is 6.18 Å². The van der Waals surface area contributed by atoms with Gasteiger partial charge in [0.2, 0.25) is 0 Å². The zero-order chi connectivity index (χ0) is 7.78. The molecule has 0 saturated carbocycles. The third kappa shape index (κ3) is 1.50. The van der Waals surface area contributed by atoms with Crippen LogP contribution in [0, 0.1) is 6.92 Å². The van der Waals surface area contributed by atoms with Crippen LogP contribution in [0.5, 0.6) is 0 Å². The van der Waals surface area contributed by atoms with Gasteiger partial charge in [0.25, 0.3) is 0 Å². The molecule has 0 saturated heterocycles. The summed E-state index contributed by atoms with van der Waals surface area (Å²) < 4.78 is 38.9. The number of hydrogen-bond acceptors (Lipinski definition) is 1. The Kier molecular flexibility index (Phi) is 2.02. The predicted octanol–water partition coefficient (Wildman–Crippen LogP) is 3.02. The first-order valence-corrected chi connectivity index (χ1v) is 5.14. The van der Waals surface area contributed by atoms with Gasteiger partial charge in [0.1, 0.15) is 0 Å². The number of halogens is 3. The van der Waals surface area contributed by atoms with Gasteiger partial charge < -0.3 is 0 Å². The summed E-state index contributed by atoms with van der Waals surface area (Å²) in [6, 6.07) is 0. The number of alkyl halides is 3. The Bertz CT molecular complexity index is 229. The first-order valence-electron chi connectivity index (χ1n) is 2.46. The lowest BCUT2D eigenvalue weighted by Gasteiger charge is -2.01. The van der Waals surface area contributed by atoms with E-state index >= 15 is 0 Å². The summed E-state index contributed by atoms with van der Waals surface area (Å²) in [5, 5.41) is 0.339. The van der Waals surface area contributed by atoms with Crippen molar-refractivity contribution in [1.82, 2.24) is 4.75 Å². The van der Waals surface area contributed by atoms with Crippen LogP contribution in [0.4, 0.5) is 13.2 Å². The highest BCUT2D eigenvalue weighted by molar-refractivity contribution is 7.89. The molecule has 1 aromatic heterocycles. The van der Waals surface area contributed by atoms with E-state index in [9.17, 15) is 13.2 Å². The van der Waals surface area contributed by atoms with Crippen molar-refractivity contribution in [3.63, 3.8) is 0 Å². The summed E-state index contributed by atoms with van der Waals surface area (Å²) in [7, 11) is 0.751. The van der Waals surface area contributed by atoms with Gasteiger partial charge in [-0.1, -0.05) is 0 Å². The van der Waals surface area contributed by atoms with Gasteiger partial charge in [0, 0.05) is 5.30 Å². The Morgan fingerprint density at radius 3 is 2.30 bits per heavy atom. The van der Waals surface area contributed by atoms with Crippen molar-refractivity contribution in [3.05, 3.63) is 11.0 Å². The van der Waals surface area contributed by atoms with Crippen LogP contribution >= 0.6 is 15.9 Å². The number of aryl methyl sites for hydroxylation is 1. The zero-order valence-electron chi connectivity index (χ0n) is 5.03. The summed E-state index contributed by atoms with van der Waals surface area (Å²) in [6.07, 6.45) is -4.24. The number of rotatable bonds is 0. The van der Waals surface area contributed by atoms with Crippen molar-refractivity contribution in [2.75, 3.05) is 0 Å². The van der Waals surface area contributed by atoms with Crippen LogP contribution in [-0.4, -0.2) is 4.75 Å². The van der Waals surface area contributed by atoms with Crippen molar-refractivity contribution in [1.29, 1.82) is 0 Å². The summed E-state index contributed by atoms with van der Waals surface area (Å²) >= 11 is 0. The predicted molar refractivity (Wildman–Crippen MR) is 36.0 cm³/mol. The standard InChI is InChI=1S/C4H4F3NP2/c1-2-3(4(5,6)7)8-10-9-2/h10H,1H3. The minimum Gasteiger partial charge on any atom is -0.231 e. The highest BCUT2D eigenvalue weighted by Gasteiger charge is 2.34. The molecular weight excluding hydrogens is 181 g/mol.